The van der Waals surface area contributed by atoms with Gasteiger partial charge in [0.05, 0.1) is 0 Å². The average molecular weight is 329 g/mol. The molecule has 0 aliphatic carbocycles. The van der Waals surface area contributed by atoms with Gasteiger partial charge in [-0.2, -0.15) is 0 Å². The number of rotatable bonds is 4. The molecule has 0 saturated carbocycles. The quantitative estimate of drug-likeness (QED) is 0.523. The Kier molecular flexibility index (Phi) is 3.94. The molecular weight excluding hydrogens is 310 g/mol. The van der Waals surface area contributed by atoms with Crippen LogP contribution in [-0.2, 0) is 0 Å². The minimum absolute atomic E-state index is 0.0221. The highest BCUT2D eigenvalue weighted by atomic mass is 16.4. The van der Waals surface area contributed by atoms with Crippen LogP contribution < -0.4 is 4.90 Å². The molecule has 0 N–H and O–H groups in total. The molecule has 1 aromatic heterocycles. The van der Waals surface area contributed by atoms with Gasteiger partial charge in [-0.05, 0) is 42.0 Å². The van der Waals surface area contributed by atoms with Gasteiger partial charge in [0.1, 0.15) is 6.04 Å². The topological polar surface area (TPSA) is 42.2 Å². The third-order valence-corrected chi connectivity index (χ3v) is 4.54. The summed E-state index contributed by atoms with van der Waals surface area (Å²) in [5, 5.41) is 10.9. The van der Waals surface area contributed by atoms with E-state index in [0.29, 0.717) is 11.8 Å². The molecule has 0 amide bonds. The first-order valence-corrected chi connectivity index (χ1v) is 8.33. The lowest BCUT2D eigenvalue weighted by atomic mass is 10.1. The fourth-order valence-corrected chi connectivity index (χ4v) is 2.89. The fraction of sp³-hybridized carbons (Fsp3) is 0.143. The molecule has 25 heavy (non-hydrogen) atoms. The summed E-state index contributed by atoms with van der Waals surface area (Å²) in [6, 6.07) is 24.6. The SMILES string of the molecule is CC(c1nnc(-c2ccccc2)o1)N(C)c1ccc2ccccc2c1. The van der Waals surface area contributed by atoms with E-state index >= 15 is 0 Å². The molecule has 4 nitrogen and oxygen atoms in total. The van der Waals surface area contributed by atoms with Crippen molar-refractivity contribution in [2.24, 2.45) is 0 Å². The van der Waals surface area contributed by atoms with Crippen molar-refractivity contribution in [3.05, 3.63) is 78.7 Å². The molecule has 1 heterocycles. The first-order chi connectivity index (χ1) is 12.2. The summed E-state index contributed by atoms with van der Waals surface area (Å²) >= 11 is 0. The fourth-order valence-electron chi connectivity index (χ4n) is 2.89. The van der Waals surface area contributed by atoms with Gasteiger partial charge in [0.15, 0.2) is 0 Å². The highest BCUT2D eigenvalue weighted by molar-refractivity contribution is 5.85. The van der Waals surface area contributed by atoms with Gasteiger partial charge in [-0.15, -0.1) is 10.2 Å². The number of hydrogen-bond acceptors (Lipinski definition) is 4. The Hall–Kier alpha value is -3.14. The van der Waals surface area contributed by atoms with Gasteiger partial charge in [-0.3, -0.25) is 0 Å². The largest absolute Gasteiger partial charge is 0.418 e. The van der Waals surface area contributed by atoms with Crippen LogP contribution in [0.1, 0.15) is 18.9 Å². The normalized spacial score (nSPS) is 12.2. The van der Waals surface area contributed by atoms with Crippen LogP contribution in [0.5, 0.6) is 0 Å². The first kappa shape index (κ1) is 15.4. The highest BCUT2D eigenvalue weighted by Crippen LogP contribution is 2.29. The third-order valence-electron chi connectivity index (χ3n) is 4.54. The summed E-state index contributed by atoms with van der Waals surface area (Å²) in [4.78, 5) is 2.15. The van der Waals surface area contributed by atoms with Crippen molar-refractivity contribution in [2.75, 3.05) is 11.9 Å². The maximum atomic E-state index is 5.90. The zero-order chi connectivity index (χ0) is 17.2. The molecule has 4 rings (SSSR count). The summed E-state index contributed by atoms with van der Waals surface area (Å²) in [6.45, 7) is 2.07. The molecule has 1 unspecified atom stereocenters. The number of fused-ring (bicyclic) bond motifs is 1. The standard InChI is InChI=1S/C21H19N3O/c1-15(20-22-23-21(25-20)17-9-4-3-5-10-17)24(2)19-13-12-16-8-6-7-11-18(16)14-19/h3-15H,1-2H3. The Morgan fingerprint density at radius 1 is 0.840 bits per heavy atom. The molecule has 0 saturated heterocycles. The van der Waals surface area contributed by atoms with Crippen LogP contribution in [0.2, 0.25) is 0 Å². The Bertz CT molecular complexity index is 994. The molecule has 0 spiro atoms. The van der Waals surface area contributed by atoms with E-state index in [9.17, 15) is 0 Å². The number of hydrogen-bond donors (Lipinski definition) is 0. The summed E-state index contributed by atoms with van der Waals surface area (Å²) < 4.78 is 5.90. The number of benzene rings is 3. The van der Waals surface area contributed by atoms with Gasteiger partial charge in [0.25, 0.3) is 0 Å². The predicted molar refractivity (Wildman–Crippen MR) is 101 cm³/mol. The number of nitrogens with zero attached hydrogens (tertiary/aromatic N) is 3. The van der Waals surface area contributed by atoms with E-state index in [1.807, 2.05) is 37.4 Å². The minimum Gasteiger partial charge on any atom is -0.418 e. The van der Waals surface area contributed by atoms with Crippen molar-refractivity contribution in [3.63, 3.8) is 0 Å². The van der Waals surface area contributed by atoms with Crippen molar-refractivity contribution < 1.29 is 4.42 Å². The maximum Gasteiger partial charge on any atom is 0.247 e. The van der Waals surface area contributed by atoms with Crippen molar-refractivity contribution in [1.29, 1.82) is 0 Å². The summed E-state index contributed by atoms with van der Waals surface area (Å²) in [7, 11) is 2.04. The Morgan fingerprint density at radius 3 is 2.36 bits per heavy atom. The van der Waals surface area contributed by atoms with Crippen molar-refractivity contribution in [3.8, 4) is 11.5 Å². The van der Waals surface area contributed by atoms with E-state index in [4.69, 9.17) is 4.42 Å². The Labute approximate surface area is 146 Å². The van der Waals surface area contributed by atoms with E-state index in [-0.39, 0.29) is 6.04 Å². The molecule has 0 aliphatic rings. The molecule has 0 bridgehead atoms. The third kappa shape index (κ3) is 2.98. The molecule has 3 aromatic carbocycles. The lowest BCUT2D eigenvalue weighted by Crippen LogP contribution is -2.21. The molecule has 0 fully saturated rings. The zero-order valence-electron chi connectivity index (χ0n) is 14.3. The van der Waals surface area contributed by atoms with E-state index in [1.54, 1.807) is 0 Å². The van der Waals surface area contributed by atoms with Gasteiger partial charge in [-0.25, -0.2) is 0 Å². The van der Waals surface area contributed by atoms with E-state index in [1.165, 1.54) is 10.8 Å². The second-order valence-electron chi connectivity index (χ2n) is 6.13. The summed E-state index contributed by atoms with van der Waals surface area (Å²) in [5.74, 6) is 1.16. The van der Waals surface area contributed by atoms with Crippen molar-refractivity contribution in [2.45, 2.75) is 13.0 Å². The molecule has 4 aromatic rings. The maximum absolute atomic E-state index is 5.90. The number of aromatic nitrogens is 2. The molecule has 0 radical (unpaired) electrons. The lowest BCUT2D eigenvalue weighted by Gasteiger charge is -2.24. The van der Waals surface area contributed by atoms with E-state index < -0.39 is 0 Å². The second kappa shape index (κ2) is 6.40. The predicted octanol–water partition coefficient (Wildman–Crippen LogP) is 5.09. The molecule has 124 valence electrons. The average Bonchev–Trinajstić information content (AvgIpc) is 3.17. The monoisotopic (exact) mass is 329 g/mol. The molecule has 0 aliphatic heterocycles. The van der Waals surface area contributed by atoms with Crippen LogP contribution >= 0.6 is 0 Å². The van der Waals surface area contributed by atoms with Crippen LogP contribution in [0.25, 0.3) is 22.2 Å². The first-order valence-electron chi connectivity index (χ1n) is 8.33. The summed E-state index contributed by atoms with van der Waals surface area (Å²) in [5.41, 5.74) is 2.05. The van der Waals surface area contributed by atoms with E-state index in [0.717, 1.165) is 11.3 Å². The molecule has 1 atom stereocenters. The van der Waals surface area contributed by atoms with Gasteiger partial charge >= 0.3 is 0 Å². The number of anilines is 1. The smallest absolute Gasteiger partial charge is 0.247 e. The van der Waals surface area contributed by atoms with Crippen LogP contribution in [0.15, 0.2) is 77.2 Å². The van der Waals surface area contributed by atoms with Crippen LogP contribution in [0.4, 0.5) is 5.69 Å². The second-order valence-corrected chi connectivity index (χ2v) is 6.13. The Balaban J connectivity index is 1.61. The summed E-state index contributed by atoms with van der Waals surface area (Å²) in [6.07, 6.45) is 0. The Morgan fingerprint density at radius 2 is 1.56 bits per heavy atom. The van der Waals surface area contributed by atoms with Crippen molar-refractivity contribution >= 4 is 16.5 Å². The molecule has 4 heteroatoms. The minimum atomic E-state index is -0.0221. The highest BCUT2D eigenvalue weighted by Gasteiger charge is 2.19. The zero-order valence-corrected chi connectivity index (χ0v) is 14.3. The van der Waals surface area contributed by atoms with Gasteiger partial charge in [0.2, 0.25) is 11.8 Å². The lowest BCUT2D eigenvalue weighted by molar-refractivity contribution is 0.464. The van der Waals surface area contributed by atoms with Crippen LogP contribution in [-0.4, -0.2) is 17.2 Å². The molecular formula is C21H19N3O. The van der Waals surface area contributed by atoms with Gasteiger partial charge < -0.3 is 9.32 Å². The van der Waals surface area contributed by atoms with Crippen molar-refractivity contribution in [1.82, 2.24) is 10.2 Å². The van der Waals surface area contributed by atoms with E-state index in [2.05, 4.69) is 64.5 Å². The van der Waals surface area contributed by atoms with Gasteiger partial charge in [0, 0.05) is 18.3 Å². The van der Waals surface area contributed by atoms with Crippen LogP contribution in [0, 0.1) is 0 Å². The van der Waals surface area contributed by atoms with Gasteiger partial charge in [-0.1, -0.05) is 48.5 Å². The van der Waals surface area contributed by atoms with Crippen LogP contribution in [0.3, 0.4) is 0 Å².